The van der Waals surface area contributed by atoms with Gasteiger partial charge in [0.1, 0.15) is 11.5 Å². The van der Waals surface area contributed by atoms with Gasteiger partial charge in [0.15, 0.2) is 11.5 Å². The van der Waals surface area contributed by atoms with Gasteiger partial charge in [0, 0.05) is 12.1 Å². The van der Waals surface area contributed by atoms with E-state index in [0.29, 0.717) is 10.7 Å². The van der Waals surface area contributed by atoms with E-state index in [0.717, 1.165) is 18.3 Å². The SMILES string of the molecule is Fc1ccc(-n2nc[c]c2C(F)(F)F)c(F)c1. The molecule has 89 valence electrons. The Hall–Kier alpha value is -1.92. The molecule has 1 heterocycles. The maximum absolute atomic E-state index is 13.3. The van der Waals surface area contributed by atoms with Crippen LogP contribution in [0.4, 0.5) is 22.0 Å². The highest BCUT2D eigenvalue weighted by atomic mass is 19.4. The maximum Gasteiger partial charge on any atom is 0.434 e. The zero-order chi connectivity index (χ0) is 12.6. The third-order valence-corrected chi connectivity index (χ3v) is 1.99. The average Bonchev–Trinajstić information content (AvgIpc) is 2.65. The summed E-state index contributed by atoms with van der Waals surface area (Å²) in [6.45, 7) is 0. The van der Waals surface area contributed by atoms with E-state index in [9.17, 15) is 22.0 Å². The van der Waals surface area contributed by atoms with E-state index in [1.165, 1.54) is 0 Å². The molecule has 0 saturated heterocycles. The summed E-state index contributed by atoms with van der Waals surface area (Å²) >= 11 is 0. The van der Waals surface area contributed by atoms with Gasteiger partial charge in [0.25, 0.3) is 0 Å². The number of nitrogens with zero attached hydrogens (tertiary/aromatic N) is 2. The summed E-state index contributed by atoms with van der Waals surface area (Å²) in [7, 11) is 0. The van der Waals surface area contributed by atoms with Gasteiger partial charge in [-0.2, -0.15) is 18.3 Å². The summed E-state index contributed by atoms with van der Waals surface area (Å²) < 4.78 is 63.7. The van der Waals surface area contributed by atoms with E-state index in [2.05, 4.69) is 5.10 Å². The minimum Gasteiger partial charge on any atom is -0.225 e. The third-order valence-electron chi connectivity index (χ3n) is 1.99. The van der Waals surface area contributed by atoms with Crippen molar-refractivity contribution in [1.29, 1.82) is 0 Å². The Balaban J connectivity index is 2.58. The molecule has 0 N–H and O–H groups in total. The minimum absolute atomic E-state index is 0.328. The summed E-state index contributed by atoms with van der Waals surface area (Å²) in [4.78, 5) is 0. The van der Waals surface area contributed by atoms with Crippen LogP contribution in [0.25, 0.3) is 5.69 Å². The zero-order valence-electron chi connectivity index (χ0n) is 8.09. The molecule has 0 saturated carbocycles. The number of hydrogen-bond acceptors (Lipinski definition) is 1. The Kier molecular flexibility index (Phi) is 2.60. The van der Waals surface area contributed by atoms with Gasteiger partial charge in [-0.3, -0.25) is 0 Å². The van der Waals surface area contributed by atoms with Gasteiger partial charge in [-0.25, -0.2) is 13.5 Å². The first-order valence-electron chi connectivity index (χ1n) is 4.38. The van der Waals surface area contributed by atoms with Crippen molar-refractivity contribution in [2.24, 2.45) is 0 Å². The van der Waals surface area contributed by atoms with Crippen molar-refractivity contribution < 1.29 is 22.0 Å². The van der Waals surface area contributed by atoms with Crippen molar-refractivity contribution in [1.82, 2.24) is 9.78 Å². The lowest BCUT2D eigenvalue weighted by Gasteiger charge is -2.10. The van der Waals surface area contributed by atoms with Crippen molar-refractivity contribution in [3.63, 3.8) is 0 Å². The van der Waals surface area contributed by atoms with Crippen molar-refractivity contribution in [2.45, 2.75) is 6.18 Å². The smallest absolute Gasteiger partial charge is 0.225 e. The van der Waals surface area contributed by atoms with Gasteiger partial charge >= 0.3 is 6.18 Å². The molecule has 0 spiro atoms. The third kappa shape index (κ3) is 2.13. The minimum atomic E-state index is -4.71. The van der Waals surface area contributed by atoms with Gasteiger partial charge in [-0.05, 0) is 12.1 Å². The predicted octanol–water partition coefficient (Wildman–Crippen LogP) is 2.97. The van der Waals surface area contributed by atoms with E-state index >= 15 is 0 Å². The van der Waals surface area contributed by atoms with E-state index in [-0.39, 0.29) is 0 Å². The Morgan fingerprint density at radius 2 is 1.88 bits per heavy atom. The molecule has 0 aliphatic carbocycles. The van der Waals surface area contributed by atoms with Crippen LogP contribution in [0.3, 0.4) is 0 Å². The Morgan fingerprint density at radius 3 is 2.47 bits per heavy atom. The van der Waals surface area contributed by atoms with Gasteiger partial charge in [-0.1, -0.05) is 0 Å². The summed E-state index contributed by atoms with van der Waals surface area (Å²) in [6.07, 6.45) is -3.94. The molecule has 0 atom stereocenters. The van der Waals surface area contributed by atoms with E-state index in [1.807, 2.05) is 6.07 Å². The summed E-state index contributed by atoms with van der Waals surface area (Å²) in [5, 5.41) is 3.32. The number of benzene rings is 1. The van der Waals surface area contributed by atoms with Crippen molar-refractivity contribution >= 4 is 0 Å². The van der Waals surface area contributed by atoms with Crippen LogP contribution in [0, 0.1) is 17.7 Å². The highest BCUT2D eigenvalue weighted by Crippen LogP contribution is 2.30. The quantitative estimate of drug-likeness (QED) is 0.708. The molecular weight excluding hydrogens is 243 g/mol. The van der Waals surface area contributed by atoms with Crippen LogP contribution in [-0.2, 0) is 6.18 Å². The molecule has 1 aromatic heterocycles. The first-order chi connectivity index (χ1) is 7.89. The van der Waals surface area contributed by atoms with E-state index in [1.54, 1.807) is 0 Å². The second-order valence-electron chi connectivity index (χ2n) is 3.14. The van der Waals surface area contributed by atoms with Crippen LogP contribution in [0.5, 0.6) is 0 Å². The molecule has 1 aromatic carbocycles. The molecule has 0 aliphatic heterocycles. The molecule has 0 bridgehead atoms. The first-order valence-corrected chi connectivity index (χ1v) is 4.38. The fourth-order valence-corrected chi connectivity index (χ4v) is 1.30. The van der Waals surface area contributed by atoms with Gasteiger partial charge in [0.2, 0.25) is 0 Å². The summed E-state index contributed by atoms with van der Waals surface area (Å²) in [5.41, 5.74) is -1.73. The lowest BCUT2D eigenvalue weighted by Crippen LogP contribution is -2.14. The predicted molar refractivity (Wildman–Crippen MR) is 47.3 cm³/mol. The summed E-state index contributed by atoms with van der Waals surface area (Å²) in [5.74, 6) is -2.01. The number of aromatic nitrogens is 2. The fourth-order valence-electron chi connectivity index (χ4n) is 1.30. The molecule has 2 rings (SSSR count). The number of halogens is 5. The van der Waals surface area contributed by atoms with Crippen molar-refractivity contribution in [2.75, 3.05) is 0 Å². The molecule has 0 amide bonds. The van der Waals surface area contributed by atoms with Crippen molar-refractivity contribution in [3.8, 4) is 5.69 Å². The van der Waals surface area contributed by atoms with Crippen molar-refractivity contribution in [3.05, 3.63) is 47.8 Å². The van der Waals surface area contributed by atoms with Crippen LogP contribution in [-0.4, -0.2) is 9.78 Å². The van der Waals surface area contributed by atoms with E-state index in [4.69, 9.17) is 0 Å². The van der Waals surface area contributed by atoms with Crippen LogP contribution in [0.15, 0.2) is 24.4 Å². The molecule has 0 unspecified atom stereocenters. The highest BCUT2D eigenvalue weighted by molar-refractivity contribution is 5.35. The standard InChI is InChI=1S/C10H4F5N2/c11-6-1-2-8(7(12)5-6)17-9(3-4-16-17)10(13,14)15/h1-2,4-5H. The largest absolute Gasteiger partial charge is 0.434 e. The van der Waals surface area contributed by atoms with Gasteiger partial charge < -0.3 is 0 Å². The van der Waals surface area contributed by atoms with Crippen LogP contribution >= 0.6 is 0 Å². The second-order valence-corrected chi connectivity index (χ2v) is 3.14. The molecule has 17 heavy (non-hydrogen) atoms. The summed E-state index contributed by atoms with van der Waals surface area (Å²) in [6, 6.07) is 4.06. The van der Waals surface area contributed by atoms with Gasteiger partial charge in [-0.15, -0.1) is 0 Å². The topological polar surface area (TPSA) is 17.8 Å². The number of alkyl halides is 3. The maximum atomic E-state index is 13.3. The Labute approximate surface area is 92.3 Å². The number of rotatable bonds is 1. The van der Waals surface area contributed by atoms with Crippen LogP contribution < -0.4 is 0 Å². The normalized spacial score (nSPS) is 11.8. The molecular formula is C10H4F5N2. The zero-order valence-corrected chi connectivity index (χ0v) is 8.09. The Bertz CT molecular complexity index is 544. The first kappa shape index (κ1) is 11.6. The average molecular weight is 247 g/mol. The monoisotopic (exact) mass is 247 g/mol. The lowest BCUT2D eigenvalue weighted by atomic mass is 10.3. The fraction of sp³-hybridized carbons (Fsp3) is 0.100. The molecule has 0 fully saturated rings. The number of hydrogen-bond donors (Lipinski definition) is 0. The molecule has 2 nitrogen and oxygen atoms in total. The molecule has 2 aromatic rings. The van der Waals surface area contributed by atoms with Gasteiger partial charge in [0.05, 0.1) is 6.20 Å². The highest BCUT2D eigenvalue weighted by Gasteiger charge is 2.36. The van der Waals surface area contributed by atoms with E-state index < -0.39 is 29.2 Å². The Morgan fingerprint density at radius 1 is 1.18 bits per heavy atom. The molecule has 7 heteroatoms. The second kappa shape index (κ2) is 3.83. The molecule has 0 aliphatic rings. The molecule has 1 radical (unpaired) electrons. The van der Waals surface area contributed by atoms with Crippen LogP contribution in [0.1, 0.15) is 5.69 Å². The van der Waals surface area contributed by atoms with Crippen LogP contribution in [0.2, 0.25) is 0 Å². The lowest BCUT2D eigenvalue weighted by molar-refractivity contribution is -0.143.